The summed E-state index contributed by atoms with van der Waals surface area (Å²) in [5, 5.41) is 0. The Labute approximate surface area is 161 Å². The topological polar surface area (TPSA) is 47.5 Å². The molecule has 1 unspecified atom stereocenters. The van der Waals surface area contributed by atoms with E-state index in [-0.39, 0.29) is 5.41 Å². The highest BCUT2D eigenvalue weighted by molar-refractivity contribution is 5.44. The Morgan fingerprint density at radius 2 is 1.89 bits per heavy atom. The normalized spacial score (nSPS) is 22.4. The van der Waals surface area contributed by atoms with Crippen LogP contribution in [-0.4, -0.2) is 34.8 Å². The fraction of sp³-hybridized carbons (Fsp3) is 0.545. The maximum Gasteiger partial charge on any atom is 0.231 e. The Bertz CT molecular complexity index is 791. The minimum atomic E-state index is 0.269. The van der Waals surface area contributed by atoms with E-state index >= 15 is 0 Å². The van der Waals surface area contributed by atoms with Crippen LogP contribution in [0.3, 0.4) is 0 Å². The molecule has 1 aromatic carbocycles. The number of aromatic nitrogens is 2. The summed E-state index contributed by atoms with van der Waals surface area (Å²) in [6, 6.07) is 6.36. The van der Waals surface area contributed by atoms with Crippen LogP contribution in [0.4, 0.5) is 0 Å². The highest BCUT2D eigenvalue weighted by Crippen LogP contribution is 2.37. The predicted octanol–water partition coefficient (Wildman–Crippen LogP) is 4.17. The van der Waals surface area contributed by atoms with Crippen molar-refractivity contribution in [3.05, 3.63) is 47.5 Å². The number of likely N-dealkylation sites (tertiary alicyclic amines) is 1. The van der Waals surface area contributed by atoms with Gasteiger partial charge in [0.2, 0.25) is 6.79 Å². The third-order valence-corrected chi connectivity index (χ3v) is 5.58. The van der Waals surface area contributed by atoms with E-state index in [1.54, 1.807) is 0 Å². The van der Waals surface area contributed by atoms with Crippen molar-refractivity contribution in [3.8, 4) is 11.5 Å². The molecule has 0 radical (unpaired) electrons. The largest absolute Gasteiger partial charge is 0.454 e. The van der Waals surface area contributed by atoms with Crippen molar-refractivity contribution in [2.75, 3.05) is 19.9 Å². The monoisotopic (exact) mass is 367 g/mol. The van der Waals surface area contributed by atoms with Crippen LogP contribution in [0.2, 0.25) is 0 Å². The summed E-state index contributed by atoms with van der Waals surface area (Å²) in [7, 11) is 0. The smallest absolute Gasteiger partial charge is 0.231 e. The average molecular weight is 367 g/mol. The Morgan fingerprint density at radius 1 is 1.11 bits per heavy atom. The van der Waals surface area contributed by atoms with Crippen molar-refractivity contribution in [2.45, 2.75) is 52.5 Å². The van der Waals surface area contributed by atoms with E-state index in [9.17, 15) is 0 Å². The summed E-state index contributed by atoms with van der Waals surface area (Å²) in [6.45, 7) is 10.1. The van der Waals surface area contributed by atoms with E-state index in [1.165, 1.54) is 24.0 Å². The first-order valence-corrected chi connectivity index (χ1v) is 9.92. The first kappa shape index (κ1) is 18.2. The van der Waals surface area contributed by atoms with Crippen molar-refractivity contribution < 1.29 is 9.47 Å². The van der Waals surface area contributed by atoms with Crippen molar-refractivity contribution in [2.24, 2.45) is 5.41 Å². The fourth-order valence-electron chi connectivity index (χ4n) is 4.25. The van der Waals surface area contributed by atoms with Gasteiger partial charge in [0, 0.05) is 37.0 Å². The zero-order valence-corrected chi connectivity index (χ0v) is 16.6. The van der Waals surface area contributed by atoms with Crippen LogP contribution >= 0.6 is 0 Å². The van der Waals surface area contributed by atoms with Crippen molar-refractivity contribution in [3.63, 3.8) is 0 Å². The zero-order chi connectivity index (χ0) is 18.9. The molecule has 5 heteroatoms. The predicted molar refractivity (Wildman–Crippen MR) is 105 cm³/mol. The Morgan fingerprint density at radius 3 is 2.67 bits per heavy atom. The van der Waals surface area contributed by atoms with Gasteiger partial charge in [-0.05, 0) is 48.9 Å². The third-order valence-electron chi connectivity index (χ3n) is 5.58. The van der Waals surface area contributed by atoms with Gasteiger partial charge in [0.25, 0.3) is 0 Å². The van der Waals surface area contributed by atoms with Crippen LogP contribution in [0.15, 0.2) is 30.6 Å². The number of hydrogen-bond donors (Lipinski definition) is 0. The molecular weight excluding hydrogens is 338 g/mol. The van der Waals surface area contributed by atoms with Gasteiger partial charge in [-0.3, -0.25) is 4.90 Å². The quantitative estimate of drug-likeness (QED) is 0.794. The Kier molecular flexibility index (Phi) is 5.04. The van der Waals surface area contributed by atoms with Crippen molar-refractivity contribution in [1.82, 2.24) is 14.9 Å². The molecule has 1 aromatic heterocycles. The summed E-state index contributed by atoms with van der Waals surface area (Å²) in [5.41, 5.74) is 2.80. The molecule has 2 aliphatic rings. The number of fused-ring (bicyclic) bond motifs is 1. The van der Waals surface area contributed by atoms with E-state index < -0.39 is 0 Å². The summed E-state index contributed by atoms with van der Waals surface area (Å²) in [5.74, 6) is 3.04. The van der Waals surface area contributed by atoms with Gasteiger partial charge in [-0.15, -0.1) is 0 Å². The van der Waals surface area contributed by atoms with Crippen LogP contribution in [0.1, 0.15) is 56.5 Å². The van der Waals surface area contributed by atoms with Crippen LogP contribution < -0.4 is 9.47 Å². The number of hydrogen-bond acceptors (Lipinski definition) is 5. The second-order valence-corrected chi connectivity index (χ2v) is 8.59. The SMILES string of the molecule is CC(C)c1ncc(CN2CCCC(C)(Cc3ccc4c(c3)OCO4)C2)cn1. The van der Waals surface area contributed by atoms with Gasteiger partial charge in [0.1, 0.15) is 5.82 Å². The Hall–Kier alpha value is -2.14. The van der Waals surface area contributed by atoms with E-state index in [2.05, 4.69) is 47.8 Å². The molecule has 1 saturated heterocycles. The molecule has 3 heterocycles. The van der Waals surface area contributed by atoms with Crippen LogP contribution in [-0.2, 0) is 13.0 Å². The van der Waals surface area contributed by atoms with E-state index in [0.29, 0.717) is 12.7 Å². The molecule has 2 aromatic rings. The minimum Gasteiger partial charge on any atom is -0.454 e. The molecule has 5 nitrogen and oxygen atoms in total. The first-order chi connectivity index (χ1) is 13.0. The second kappa shape index (κ2) is 7.47. The molecular formula is C22H29N3O2. The van der Waals surface area contributed by atoms with Gasteiger partial charge >= 0.3 is 0 Å². The lowest BCUT2D eigenvalue weighted by Crippen LogP contribution is -2.42. The molecule has 0 saturated carbocycles. The summed E-state index contributed by atoms with van der Waals surface area (Å²) in [6.07, 6.45) is 7.52. The molecule has 4 rings (SSSR count). The molecule has 1 atom stereocenters. The van der Waals surface area contributed by atoms with Gasteiger partial charge in [-0.2, -0.15) is 0 Å². The molecule has 0 spiro atoms. The van der Waals surface area contributed by atoms with Gasteiger partial charge in [0.05, 0.1) is 0 Å². The maximum atomic E-state index is 5.54. The summed E-state index contributed by atoms with van der Waals surface area (Å²) in [4.78, 5) is 11.6. The number of rotatable bonds is 5. The van der Waals surface area contributed by atoms with Gasteiger partial charge in [-0.25, -0.2) is 9.97 Å². The molecule has 144 valence electrons. The Balaban J connectivity index is 1.40. The lowest BCUT2D eigenvalue weighted by Gasteiger charge is -2.40. The van der Waals surface area contributed by atoms with Gasteiger partial charge in [0.15, 0.2) is 11.5 Å². The van der Waals surface area contributed by atoms with E-state index in [1.807, 2.05) is 18.5 Å². The minimum absolute atomic E-state index is 0.269. The third kappa shape index (κ3) is 4.24. The molecule has 0 N–H and O–H groups in total. The molecule has 2 aliphatic heterocycles. The van der Waals surface area contributed by atoms with Crippen LogP contribution in [0.5, 0.6) is 11.5 Å². The lowest BCUT2D eigenvalue weighted by atomic mass is 9.77. The molecule has 0 amide bonds. The number of benzene rings is 1. The zero-order valence-electron chi connectivity index (χ0n) is 16.6. The van der Waals surface area contributed by atoms with Gasteiger partial charge < -0.3 is 9.47 Å². The van der Waals surface area contributed by atoms with Crippen molar-refractivity contribution in [1.29, 1.82) is 0 Å². The van der Waals surface area contributed by atoms with E-state index in [0.717, 1.165) is 43.4 Å². The standard InChI is InChI=1S/C22H29N3O2/c1-16(2)21-23-11-18(12-24-21)13-25-8-4-7-22(3,14-25)10-17-5-6-19-20(9-17)27-15-26-19/h5-6,9,11-12,16H,4,7-8,10,13-15H2,1-3H3. The highest BCUT2D eigenvalue weighted by atomic mass is 16.7. The highest BCUT2D eigenvalue weighted by Gasteiger charge is 2.31. The van der Waals surface area contributed by atoms with Gasteiger partial charge in [-0.1, -0.05) is 26.8 Å². The maximum absolute atomic E-state index is 5.54. The molecule has 0 bridgehead atoms. The fourth-order valence-corrected chi connectivity index (χ4v) is 4.25. The second-order valence-electron chi connectivity index (χ2n) is 8.59. The summed E-state index contributed by atoms with van der Waals surface area (Å²) < 4.78 is 11.0. The van der Waals surface area contributed by atoms with Crippen LogP contribution in [0.25, 0.3) is 0 Å². The number of piperidine rings is 1. The van der Waals surface area contributed by atoms with Crippen LogP contribution in [0, 0.1) is 5.41 Å². The number of nitrogens with zero attached hydrogens (tertiary/aromatic N) is 3. The average Bonchev–Trinajstić information content (AvgIpc) is 3.09. The molecule has 1 fully saturated rings. The number of ether oxygens (including phenoxy) is 2. The molecule has 0 aliphatic carbocycles. The molecule has 27 heavy (non-hydrogen) atoms. The first-order valence-electron chi connectivity index (χ1n) is 9.92. The summed E-state index contributed by atoms with van der Waals surface area (Å²) >= 11 is 0. The lowest BCUT2D eigenvalue weighted by molar-refractivity contribution is 0.0968. The van der Waals surface area contributed by atoms with Crippen molar-refractivity contribution >= 4 is 0 Å². The van der Waals surface area contributed by atoms with E-state index in [4.69, 9.17) is 9.47 Å².